The topological polar surface area (TPSA) is 106 Å². The number of nitrogens with one attached hydrogen (secondary N) is 3. The molecule has 0 aliphatic rings. The van der Waals surface area contributed by atoms with Crippen molar-refractivity contribution in [1.29, 1.82) is 0 Å². The molecule has 3 amide bonds. The number of benzene rings is 2. The summed E-state index contributed by atoms with van der Waals surface area (Å²) in [6, 6.07) is 12.0. The summed E-state index contributed by atoms with van der Waals surface area (Å²) in [7, 11) is 3.06. The normalized spacial score (nSPS) is 10.2. The Morgan fingerprint density at radius 3 is 2.39 bits per heavy atom. The van der Waals surface area contributed by atoms with Crippen molar-refractivity contribution >= 4 is 35.2 Å². The fourth-order valence-electron chi connectivity index (χ4n) is 2.62. The van der Waals surface area contributed by atoms with Gasteiger partial charge in [0.15, 0.2) is 11.5 Å². The number of amides is 3. The van der Waals surface area contributed by atoms with Crippen molar-refractivity contribution in [3.63, 3.8) is 0 Å². The van der Waals surface area contributed by atoms with E-state index in [9.17, 15) is 14.4 Å². The quantitative estimate of drug-likeness (QED) is 0.459. The van der Waals surface area contributed by atoms with Crippen LogP contribution >= 0.6 is 11.8 Å². The molecule has 0 aliphatic heterocycles. The molecule has 166 valence electrons. The van der Waals surface area contributed by atoms with Gasteiger partial charge in [0.05, 0.1) is 32.1 Å². The maximum absolute atomic E-state index is 12.5. The zero-order valence-electron chi connectivity index (χ0n) is 17.8. The molecule has 3 N–H and O–H groups in total. The molecular weight excluding hydrogens is 418 g/mol. The zero-order chi connectivity index (χ0) is 22.6. The molecule has 0 radical (unpaired) electrons. The van der Waals surface area contributed by atoms with E-state index in [4.69, 9.17) is 9.47 Å². The first-order valence-electron chi connectivity index (χ1n) is 9.77. The highest BCUT2D eigenvalue weighted by atomic mass is 32.2. The van der Waals surface area contributed by atoms with Crippen molar-refractivity contribution in [2.24, 2.45) is 0 Å². The average molecular weight is 446 g/mol. The number of ether oxygens (including phenoxy) is 2. The lowest BCUT2D eigenvalue weighted by Crippen LogP contribution is -2.37. The van der Waals surface area contributed by atoms with Crippen molar-refractivity contribution < 1.29 is 23.9 Å². The smallest absolute Gasteiger partial charge is 0.252 e. The maximum Gasteiger partial charge on any atom is 0.252 e. The SMILES string of the molecule is CCCNC(=O)CNC(=O)c1ccccc1SCC(=O)Nc1ccc(OC)c(OC)c1. The molecule has 9 heteroatoms. The van der Waals surface area contributed by atoms with Gasteiger partial charge in [0.25, 0.3) is 5.91 Å². The lowest BCUT2D eigenvalue weighted by Gasteiger charge is -2.12. The number of carbonyl (C=O) groups is 3. The number of thioether (sulfide) groups is 1. The van der Waals surface area contributed by atoms with Crippen LogP contribution in [0.2, 0.25) is 0 Å². The molecule has 0 fully saturated rings. The summed E-state index contributed by atoms with van der Waals surface area (Å²) in [5.74, 6) is 0.350. The van der Waals surface area contributed by atoms with Gasteiger partial charge in [-0.1, -0.05) is 19.1 Å². The third-order valence-corrected chi connectivity index (χ3v) is 5.21. The van der Waals surface area contributed by atoms with Crippen molar-refractivity contribution in [2.75, 3.05) is 38.4 Å². The molecule has 0 unspecified atom stereocenters. The Labute approximate surface area is 186 Å². The lowest BCUT2D eigenvalue weighted by atomic mass is 10.2. The summed E-state index contributed by atoms with van der Waals surface area (Å²) in [5.41, 5.74) is 0.988. The van der Waals surface area contributed by atoms with Crippen molar-refractivity contribution in [1.82, 2.24) is 10.6 Å². The Bertz CT molecular complexity index is 920. The highest BCUT2D eigenvalue weighted by Crippen LogP contribution is 2.30. The van der Waals surface area contributed by atoms with E-state index in [-0.39, 0.29) is 30.0 Å². The monoisotopic (exact) mass is 445 g/mol. The Kier molecular flexibility index (Phi) is 9.70. The van der Waals surface area contributed by atoms with Crippen LogP contribution in [-0.4, -0.2) is 50.8 Å². The fraction of sp³-hybridized carbons (Fsp3) is 0.318. The summed E-state index contributed by atoms with van der Waals surface area (Å²) in [6.45, 7) is 2.42. The number of anilines is 1. The molecule has 0 spiro atoms. The molecule has 31 heavy (non-hydrogen) atoms. The number of hydrogen-bond acceptors (Lipinski definition) is 6. The Balaban J connectivity index is 1.94. The minimum atomic E-state index is -0.366. The molecule has 0 saturated heterocycles. The maximum atomic E-state index is 12.5. The third-order valence-electron chi connectivity index (χ3n) is 4.14. The molecule has 0 atom stereocenters. The zero-order valence-corrected chi connectivity index (χ0v) is 18.6. The molecule has 2 aromatic carbocycles. The van der Waals surface area contributed by atoms with E-state index >= 15 is 0 Å². The van der Waals surface area contributed by atoms with Gasteiger partial charge in [0.1, 0.15) is 0 Å². The number of rotatable bonds is 11. The van der Waals surface area contributed by atoms with Crippen LogP contribution in [0.25, 0.3) is 0 Å². The van der Waals surface area contributed by atoms with E-state index in [2.05, 4.69) is 16.0 Å². The highest BCUT2D eigenvalue weighted by molar-refractivity contribution is 8.00. The van der Waals surface area contributed by atoms with E-state index in [1.165, 1.54) is 26.0 Å². The first-order chi connectivity index (χ1) is 15.0. The second kappa shape index (κ2) is 12.5. The van der Waals surface area contributed by atoms with Crippen molar-refractivity contribution in [3.8, 4) is 11.5 Å². The fourth-order valence-corrected chi connectivity index (χ4v) is 3.47. The number of carbonyl (C=O) groups excluding carboxylic acids is 3. The van der Waals surface area contributed by atoms with E-state index < -0.39 is 0 Å². The highest BCUT2D eigenvalue weighted by Gasteiger charge is 2.14. The van der Waals surface area contributed by atoms with Crippen molar-refractivity contribution in [3.05, 3.63) is 48.0 Å². The molecule has 0 heterocycles. The van der Waals surface area contributed by atoms with Gasteiger partial charge in [-0.05, 0) is 30.7 Å². The van der Waals surface area contributed by atoms with Crippen molar-refractivity contribution in [2.45, 2.75) is 18.2 Å². The first-order valence-corrected chi connectivity index (χ1v) is 10.8. The van der Waals surface area contributed by atoms with Gasteiger partial charge in [-0.25, -0.2) is 0 Å². The van der Waals surface area contributed by atoms with Gasteiger partial charge in [0.2, 0.25) is 11.8 Å². The second-order valence-electron chi connectivity index (χ2n) is 6.44. The largest absolute Gasteiger partial charge is 0.493 e. The van der Waals surface area contributed by atoms with Crippen LogP contribution in [0.4, 0.5) is 5.69 Å². The standard InChI is InChI=1S/C22H27N3O5S/c1-4-11-23-20(26)13-24-22(28)16-7-5-6-8-19(16)31-14-21(27)25-15-9-10-17(29-2)18(12-15)30-3/h5-10,12H,4,11,13-14H2,1-3H3,(H,23,26)(H,24,28)(H,25,27). The molecule has 0 aliphatic carbocycles. The number of hydrogen-bond donors (Lipinski definition) is 3. The van der Waals surface area contributed by atoms with Crippen LogP contribution in [0.1, 0.15) is 23.7 Å². The van der Waals surface area contributed by atoms with E-state index in [1.54, 1.807) is 42.5 Å². The summed E-state index contributed by atoms with van der Waals surface area (Å²) in [5, 5.41) is 8.11. The second-order valence-corrected chi connectivity index (χ2v) is 7.45. The molecule has 8 nitrogen and oxygen atoms in total. The predicted molar refractivity (Wildman–Crippen MR) is 121 cm³/mol. The van der Waals surface area contributed by atoms with Gasteiger partial charge in [-0.2, -0.15) is 0 Å². The summed E-state index contributed by atoms with van der Waals surface area (Å²) in [4.78, 5) is 37.2. The molecule has 0 aromatic heterocycles. The lowest BCUT2D eigenvalue weighted by molar-refractivity contribution is -0.120. The van der Waals surface area contributed by atoms with Gasteiger partial charge in [0, 0.05) is 23.2 Å². The summed E-state index contributed by atoms with van der Waals surface area (Å²) >= 11 is 1.24. The van der Waals surface area contributed by atoms with Gasteiger partial charge >= 0.3 is 0 Å². The van der Waals surface area contributed by atoms with Crippen LogP contribution in [0, 0.1) is 0 Å². The summed E-state index contributed by atoms with van der Waals surface area (Å²) < 4.78 is 10.4. The molecular formula is C22H27N3O5S. The Morgan fingerprint density at radius 1 is 0.935 bits per heavy atom. The summed E-state index contributed by atoms with van der Waals surface area (Å²) in [6.07, 6.45) is 0.824. The Hall–Kier alpha value is -3.20. The number of methoxy groups -OCH3 is 2. The Morgan fingerprint density at radius 2 is 1.68 bits per heavy atom. The van der Waals surface area contributed by atoms with E-state index in [1.807, 2.05) is 6.92 Å². The van der Waals surface area contributed by atoms with E-state index in [0.29, 0.717) is 34.2 Å². The van der Waals surface area contributed by atoms with Crippen LogP contribution in [0.3, 0.4) is 0 Å². The predicted octanol–water partition coefficient (Wildman–Crippen LogP) is 2.69. The van der Waals surface area contributed by atoms with Crippen LogP contribution in [-0.2, 0) is 9.59 Å². The molecule has 2 aromatic rings. The molecule has 0 saturated carbocycles. The van der Waals surface area contributed by atoms with Crippen LogP contribution in [0.5, 0.6) is 11.5 Å². The van der Waals surface area contributed by atoms with Gasteiger partial charge < -0.3 is 25.4 Å². The minimum Gasteiger partial charge on any atom is -0.493 e. The van der Waals surface area contributed by atoms with Gasteiger partial charge in [-0.15, -0.1) is 11.8 Å². The van der Waals surface area contributed by atoms with Crippen LogP contribution in [0.15, 0.2) is 47.4 Å². The molecule has 2 rings (SSSR count). The minimum absolute atomic E-state index is 0.0996. The van der Waals surface area contributed by atoms with Gasteiger partial charge in [-0.3, -0.25) is 14.4 Å². The third kappa shape index (κ3) is 7.53. The molecule has 0 bridgehead atoms. The average Bonchev–Trinajstić information content (AvgIpc) is 2.79. The van der Waals surface area contributed by atoms with Crippen LogP contribution < -0.4 is 25.4 Å². The first kappa shape index (κ1) is 24.1. The van der Waals surface area contributed by atoms with E-state index in [0.717, 1.165) is 6.42 Å².